The Morgan fingerprint density at radius 1 is 1.40 bits per heavy atom. The Bertz CT molecular complexity index is 304. The standard InChI is InChI=1S/C10H16N2O3/c1-7(2)15-5-9(13)8-4-10(14-3)12-6-11-8/h4,6-7,9,13H,5H2,1-3H3. The Morgan fingerprint density at radius 3 is 2.73 bits per heavy atom. The summed E-state index contributed by atoms with van der Waals surface area (Å²) in [5.41, 5.74) is 0.502. The first-order valence-electron chi connectivity index (χ1n) is 4.79. The summed E-state index contributed by atoms with van der Waals surface area (Å²) in [5.74, 6) is 0.434. The molecular formula is C10H16N2O3. The molecule has 1 aromatic heterocycles. The van der Waals surface area contributed by atoms with Crippen LogP contribution in [0.15, 0.2) is 12.4 Å². The quantitative estimate of drug-likeness (QED) is 0.787. The zero-order valence-electron chi connectivity index (χ0n) is 9.17. The summed E-state index contributed by atoms with van der Waals surface area (Å²) in [6.45, 7) is 4.04. The van der Waals surface area contributed by atoms with E-state index in [9.17, 15) is 5.11 Å². The first-order valence-corrected chi connectivity index (χ1v) is 4.79. The van der Waals surface area contributed by atoms with Crippen molar-refractivity contribution in [2.24, 2.45) is 0 Å². The van der Waals surface area contributed by atoms with E-state index >= 15 is 0 Å². The number of methoxy groups -OCH3 is 1. The number of ether oxygens (including phenoxy) is 2. The zero-order valence-corrected chi connectivity index (χ0v) is 9.17. The Labute approximate surface area is 89.1 Å². The van der Waals surface area contributed by atoms with Gasteiger partial charge in [0, 0.05) is 6.07 Å². The minimum absolute atomic E-state index is 0.0865. The fraction of sp³-hybridized carbons (Fsp3) is 0.600. The van der Waals surface area contributed by atoms with Crippen molar-refractivity contribution >= 4 is 0 Å². The fourth-order valence-electron chi connectivity index (χ4n) is 1.02. The van der Waals surface area contributed by atoms with Crippen LogP contribution in [0, 0.1) is 0 Å². The topological polar surface area (TPSA) is 64.5 Å². The van der Waals surface area contributed by atoms with Gasteiger partial charge in [0.2, 0.25) is 5.88 Å². The molecule has 1 aromatic rings. The lowest BCUT2D eigenvalue weighted by molar-refractivity contribution is 0.00313. The van der Waals surface area contributed by atoms with Crippen LogP contribution in [0.25, 0.3) is 0 Å². The lowest BCUT2D eigenvalue weighted by atomic mass is 10.2. The largest absolute Gasteiger partial charge is 0.481 e. The van der Waals surface area contributed by atoms with Gasteiger partial charge in [-0.15, -0.1) is 0 Å². The van der Waals surface area contributed by atoms with Crippen LogP contribution in [0.3, 0.4) is 0 Å². The molecule has 0 aliphatic heterocycles. The number of hydrogen-bond donors (Lipinski definition) is 1. The van der Waals surface area contributed by atoms with E-state index in [-0.39, 0.29) is 12.7 Å². The van der Waals surface area contributed by atoms with Gasteiger partial charge >= 0.3 is 0 Å². The number of hydrogen-bond acceptors (Lipinski definition) is 5. The van der Waals surface area contributed by atoms with Crippen LogP contribution in [0.1, 0.15) is 25.6 Å². The number of aliphatic hydroxyl groups is 1. The molecule has 0 aliphatic rings. The highest BCUT2D eigenvalue weighted by molar-refractivity contribution is 5.15. The highest BCUT2D eigenvalue weighted by Crippen LogP contribution is 2.14. The van der Waals surface area contributed by atoms with E-state index in [1.807, 2.05) is 13.8 Å². The second-order valence-electron chi connectivity index (χ2n) is 3.38. The molecule has 0 amide bonds. The molecule has 1 rings (SSSR count). The number of aromatic nitrogens is 2. The zero-order chi connectivity index (χ0) is 11.3. The molecule has 0 radical (unpaired) electrons. The minimum atomic E-state index is -0.746. The van der Waals surface area contributed by atoms with Gasteiger partial charge in [0.1, 0.15) is 12.4 Å². The van der Waals surface area contributed by atoms with Crippen molar-refractivity contribution in [3.63, 3.8) is 0 Å². The third-order valence-electron chi connectivity index (χ3n) is 1.80. The maximum absolute atomic E-state index is 9.72. The molecule has 5 nitrogen and oxygen atoms in total. The van der Waals surface area contributed by atoms with Crippen molar-refractivity contribution < 1.29 is 14.6 Å². The second kappa shape index (κ2) is 5.63. The van der Waals surface area contributed by atoms with Gasteiger partial charge in [-0.1, -0.05) is 0 Å². The molecule has 0 fully saturated rings. The summed E-state index contributed by atoms with van der Waals surface area (Å²) >= 11 is 0. The second-order valence-corrected chi connectivity index (χ2v) is 3.38. The van der Waals surface area contributed by atoms with Gasteiger partial charge in [-0.05, 0) is 13.8 Å². The van der Waals surface area contributed by atoms with Crippen molar-refractivity contribution in [2.75, 3.05) is 13.7 Å². The molecule has 0 aromatic carbocycles. The maximum atomic E-state index is 9.72. The predicted molar refractivity (Wildman–Crippen MR) is 54.6 cm³/mol. The van der Waals surface area contributed by atoms with Crippen molar-refractivity contribution in [1.29, 1.82) is 0 Å². The van der Waals surface area contributed by atoms with Crippen LogP contribution in [-0.2, 0) is 4.74 Å². The van der Waals surface area contributed by atoms with Crippen LogP contribution in [0.2, 0.25) is 0 Å². The lowest BCUT2D eigenvalue weighted by Crippen LogP contribution is -2.13. The lowest BCUT2D eigenvalue weighted by Gasteiger charge is -2.13. The van der Waals surface area contributed by atoms with Crippen LogP contribution < -0.4 is 4.74 Å². The van der Waals surface area contributed by atoms with Gasteiger partial charge in [0.05, 0.1) is 25.5 Å². The van der Waals surface area contributed by atoms with E-state index in [1.54, 1.807) is 6.07 Å². The highest BCUT2D eigenvalue weighted by Gasteiger charge is 2.11. The first kappa shape index (κ1) is 11.9. The molecule has 0 saturated heterocycles. The molecule has 84 valence electrons. The minimum Gasteiger partial charge on any atom is -0.481 e. The number of nitrogens with zero attached hydrogens (tertiary/aromatic N) is 2. The monoisotopic (exact) mass is 212 g/mol. The van der Waals surface area contributed by atoms with Crippen LogP contribution >= 0.6 is 0 Å². The molecule has 0 bridgehead atoms. The summed E-state index contributed by atoms with van der Waals surface area (Å²) in [5, 5.41) is 9.72. The van der Waals surface area contributed by atoms with Gasteiger partial charge in [0.25, 0.3) is 0 Å². The van der Waals surface area contributed by atoms with Crippen molar-refractivity contribution in [1.82, 2.24) is 9.97 Å². The Morgan fingerprint density at radius 2 is 2.13 bits per heavy atom. The Hall–Kier alpha value is -1.20. The number of rotatable bonds is 5. The van der Waals surface area contributed by atoms with Crippen molar-refractivity contribution in [3.05, 3.63) is 18.1 Å². The molecule has 1 atom stereocenters. The van der Waals surface area contributed by atoms with E-state index in [1.165, 1.54) is 13.4 Å². The third kappa shape index (κ3) is 3.81. The number of aliphatic hydroxyl groups excluding tert-OH is 1. The summed E-state index contributed by atoms with van der Waals surface area (Å²) in [6.07, 6.45) is 0.694. The van der Waals surface area contributed by atoms with Gasteiger partial charge < -0.3 is 14.6 Å². The van der Waals surface area contributed by atoms with E-state index in [2.05, 4.69) is 9.97 Å². The van der Waals surface area contributed by atoms with Crippen molar-refractivity contribution in [3.8, 4) is 5.88 Å². The molecular weight excluding hydrogens is 196 g/mol. The van der Waals surface area contributed by atoms with Gasteiger partial charge in [-0.25, -0.2) is 9.97 Å². The van der Waals surface area contributed by atoms with E-state index in [0.29, 0.717) is 11.6 Å². The molecule has 1 unspecified atom stereocenters. The fourth-order valence-corrected chi connectivity index (χ4v) is 1.02. The normalized spacial score (nSPS) is 12.9. The van der Waals surface area contributed by atoms with E-state index in [4.69, 9.17) is 9.47 Å². The Kier molecular flexibility index (Phi) is 4.45. The highest BCUT2D eigenvalue weighted by atomic mass is 16.5. The molecule has 0 spiro atoms. The van der Waals surface area contributed by atoms with Gasteiger partial charge in [0.15, 0.2) is 0 Å². The molecule has 0 aliphatic carbocycles. The molecule has 15 heavy (non-hydrogen) atoms. The van der Waals surface area contributed by atoms with Gasteiger partial charge in [-0.3, -0.25) is 0 Å². The van der Waals surface area contributed by atoms with Crippen LogP contribution in [0.4, 0.5) is 0 Å². The van der Waals surface area contributed by atoms with E-state index in [0.717, 1.165) is 0 Å². The average molecular weight is 212 g/mol. The molecule has 0 saturated carbocycles. The molecule has 5 heteroatoms. The Balaban J connectivity index is 2.60. The van der Waals surface area contributed by atoms with Gasteiger partial charge in [-0.2, -0.15) is 0 Å². The van der Waals surface area contributed by atoms with E-state index < -0.39 is 6.10 Å². The van der Waals surface area contributed by atoms with Crippen molar-refractivity contribution in [2.45, 2.75) is 26.1 Å². The summed E-state index contributed by atoms with van der Waals surface area (Å²) < 4.78 is 10.2. The van der Waals surface area contributed by atoms with Crippen LogP contribution in [-0.4, -0.2) is 34.9 Å². The SMILES string of the molecule is COc1cc(C(O)COC(C)C)ncn1. The average Bonchev–Trinajstić information content (AvgIpc) is 2.26. The summed E-state index contributed by atoms with van der Waals surface area (Å²) in [4.78, 5) is 7.79. The third-order valence-corrected chi connectivity index (χ3v) is 1.80. The first-order chi connectivity index (χ1) is 7.13. The summed E-state index contributed by atoms with van der Waals surface area (Å²) in [6, 6.07) is 1.59. The smallest absolute Gasteiger partial charge is 0.216 e. The maximum Gasteiger partial charge on any atom is 0.216 e. The summed E-state index contributed by atoms with van der Waals surface area (Å²) in [7, 11) is 1.52. The molecule has 1 heterocycles. The molecule has 1 N–H and O–H groups in total. The van der Waals surface area contributed by atoms with Crippen LogP contribution in [0.5, 0.6) is 5.88 Å². The predicted octanol–water partition coefficient (Wildman–Crippen LogP) is 0.944.